The minimum Gasteiger partial charge on any atom is -0.457 e. The van der Waals surface area contributed by atoms with Crippen LogP contribution in [-0.2, 0) is 11.3 Å². The lowest BCUT2D eigenvalue weighted by atomic mass is 10.1. The molecule has 3 aromatic rings. The molecule has 0 heterocycles. The molecule has 3 aromatic carbocycles. The second kappa shape index (κ2) is 8.73. The van der Waals surface area contributed by atoms with E-state index in [2.05, 4.69) is 0 Å². The van der Waals surface area contributed by atoms with Gasteiger partial charge in [0.1, 0.15) is 35.8 Å². The third-order valence-corrected chi connectivity index (χ3v) is 4.15. The van der Waals surface area contributed by atoms with Crippen molar-refractivity contribution in [1.29, 1.82) is 10.5 Å². The van der Waals surface area contributed by atoms with E-state index in [1.54, 1.807) is 24.3 Å². The van der Waals surface area contributed by atoms with E-state index in [0.29, 0.717) is 0 Å². The lowest BCUT2D eigenvalue weighted by Gasteiger charge is -2.12. The highest BCUT2D eigenvalue weighted by Crippen LogP contribution is 2.33. The van der Waals surface area contributed by atoms with Crippen molar-refractivity contribution in [3.63, 3.8) is 0 Å². The minimum atomic E-state index is -0.551. The molecule has 0 fully saturated rings. The molecule has 28 heavy (non-hydrogen) atoms. The van der Waals surface area contributed by atoms with Crippen molar-refractivity contribution < 1.29 is 14.3 Å². The van der Waals surface area contributed by atoms with Crippen LogP contribution in [-0.4, -0.2) is 5.97 Å². The van der Waals surface area contributed by atoms with E-state index in [9.17, 15) is 10.1 Å². The number of para-hydroxylation sites is 1. The first-order chi connectivity index (χ1) is 13.6. The molecule has 3 rings (SSSR count). The monoisotopic (exact) mass is 388 g/mol. The number of hydrogen-bond donors (Lipinski definition) is 0. The van der Waals surface area contributed by atoms with E-state index < -0.39 is 5.97 Å². The van der Waals surface area contributed by atoms with Crippen LogP contribution in [0.1, 0.15) is 27.0 Å². The number of nitriles is 2. The number of rotatable bonds is 5. The van der Waals surface area contributed by atoms with Crippen LogP contribution in [0.25, 0.3) is 0 Å². The fraction of sp³-hybridized carbons (Fsp3) is 0.0455. The molecule has 0 amide bonds. The third kappa shape index (κ3) is 4.29. The molecule has 0 aromatic heterocycles. The number of esters is 1. The van der Waals surface area contributed by atoms with Crippen LogP contribution >= 0.6 is 11.6 Å². The zero-order valence-electron chi connectivity index (χ0n) is 14.6. The van der Waals surface area contributed by atoms with Gasteiger partial charge in [-0.1, -0.05) is 54.1 Å². The van der Waals surface area contributed by atoms with Crippen LogP contribution in [0, 0.1) is 22.7 Å². The van der Waals surface area contributed by atoms with Crippen LogP contribution in [0.3, 0.4) is 0 Å². The summed E-state index contributed by atoms with van der Waals surface area (Å²) in [6.07, 6.45) is 0. The molecular weight excluding hydrogens is 376 g/mol. The van der Waals surface area contributed by atoms with E-state index in [4.69, 9.17) is 26.3 Å². The molecule has 0 spiro atoms. The van der Waals surface area contributed by atoms with Gasteiger partial charge in [-0.05, 0) is 23.8 Å². The first-order valence-electron chi connectivity index (χ1n) is 8.24. The summed E-state index contributed by atoms with van der Waals surface area (Å²) in [7, 11) is 0. The van der Waals surface area contributed by atoms with Crippen LogP contribution in [0.2, 0.25) is 5.02 Å². The van der Waals surface area contributed by atoms with Crippen LogP contribution in [0.15, 0.2) is 66.7 Å². The number of carbonyl (C=O) groups is 1. The number of halogens is 1. The third-order valence-electron chi connectivity index (χ3n) is 3.85. The topological polar surface area (TPSA) is 83.1 Å². The zero-order chi connectivity index (χ0) is 19.9. The van der Waals surface area contributed by atoms with Gasteiger partial charge in [0.05, 0.1) is 16.1 Å². The molecule has 136 valence electrons. The average molecular weight is 389 g/mol. The Morgan fingerprint density at radius 2 is 1.54 bits per heavy atom. The van der Waals surface area contributed by atoms with Gasteiger partial charge in [0.15, 0.2) is 0 Å². The van der Waals surface area contributed by atoms with Gasteiger partial charge in [-0.15, -0.1) is 0 Å². The summed E-state index contributed by atoms with van der Waals surface area (Å²) >= 11 is 6.16. The van der Waals surface area contributed by atoms with Gasteiger partial charge >= 0.3 is 5.97 Å². The largest absolute Gasteiger partial charge is 0.457 e. The van der Waals surface area contributed by atoms with E-state index in [1.165, 1.54) is 12.1 Å². The number of carbonyl (C=O) groups excluding carboxylic acids is 1. The van der Waals surface area contributed by atoms with Gasteiger partial charge < -0.3 is 9.47 Å². The summed E-state index contributed by atoms with van der Waals surface area (Å²) < 4.78 is 11.1. The molecule has 5 nitrogen and oxygen atoms in total. The molecule has 0 aliphatic carbocycles. The Morgan fingerprint density at radius 1 is 0.893 bits per heavy atom. The molecule has 0 bridgehead atoms. The van der Waals surface area contributed by atoms with Gasteiger partial charge in [-0.2, -0.15) is 10.5 Å². The van der Waals surface area contributed by atoms with Crippen molar-refractivity contribution in [3.8, 4) is 23.6 Å². The van der Waals surface area contributed by atoms with E-state index in [0.717, 1.165) is 5.56 Å². The Bertz CT molecular complexity index is 1100. The molecule has 0 aliphatic rings. The second-order valence-corrected chi connectivity index (χ2v) is 6.12. The molecule has 0 saturated carbocycles. The van der Waals surface area contributed by atoms with Crippen LogP contribution in [0.5, 0.6) is 11.5 Å². The summed E-state index contributed by atoms with van der Waals surface area (Å²) in [5, 5.41) is 18.4. The van der Waals surface area contributed by atoms with E-state index >= 15 is 0 Å². The average Bonchev–Trinajstić information content (AvgIpc) is 2.74. The highest BCUT2D eigenvalue weighted by Gasteiger charge is 2.17. The highest BCUT2D eigenvalue weighted by molar-refractivity contribution is 6.32. The van der Waals surface area contributed by atoms with Crippen molar-refractivity contribution in [1.82, 2.24) is 0 Å². The smallest absolute Gasteiger partial charge is 0.342 e. The second-order valence-electron chi connectivity index (χ2n) is 5.71. The fourth-order valence-corrected chi connectivity index (χ4v) is 2.66. The molecule has 0 aliphatic heterocycles. The van der Waals surface area contributed by atoms with Crippen LogP contribution in [0.4, 0.5) is 0 Å². The maximum absolute atomic E-state index is 12.5. The Hall–Kier alpha value is -3.80. The summed E-state index contributed by atoms with van der Waals surface area (Å²) in [5.41, 5.74) is 1.36. The maximum atomic E-state index is 12.5. The van der Waals surface area contributed by atoms with E-state index in [-0.39, 0.29) is 39.8 Å². The normalized spacial score (nSPS) is 9.82. The van der Waals surface area contributed by atoms with Crippen molar-refractivity contribution >= 4 is 17.6 Å². The predicted molar refractivity (Wildman–Crippen MR) is 103 cm³/mol. The fourth-order valence-electron chi connectivity index (χ4n) is 2.46. The summed E-state index contributed by atoms with van der Waals surface area (Å²) in [5.74, 6) is -0.152. The van der Waals surface area contributed by atoms with Gasteiger partial charge in [0.25, 0.3) is 0 Å². The maximum Gasteiger partial charge on any atom is 0.342 e. The number of benzene rings is 3. The molecule has 6 heteroatoms. The zero-order valence-corrected chi connectivity index (χ0v) is 15.3. The molecular formula is C22H13ClN2O3. The van der Waals surface area contributed by atoms with E-state index in [1.807, 2.05) is 42.5 Å². The standard InChI is InChI=1S/C22H13ClN2O3/c23-19-10-16(12-24)17(13-25)11-21(19)28-20-9-5-4-8-18(20)22(26)27-14-15-6-2-1-3-7-15/h1-11H,14H2. The number of hydrogen-bond acceptors (Lipinski definition) is 5. The molecule has 0 saturated heterocycles. The van der Waals surface area contributed by atoms with Crippen molar-refractivity contribution in [2.45, 2.75) is 6.61 Å². The Kier molecular flexibility index (Phi) is 5.91. The van der Waals surface area contributed by atoms with Gasteiger partial charge in [0, 0.05) is 6.07 Å². The SMILES string of the molecule is N#Cc1cc(Cl)c(Oc2ccccc2C(=O)OCc2ccccc2)cc1C#N. The molecule has 0 atom stereocenters. The first-order valence-corrected chi connectivity index (χ1v) is 8.62. The van der Waals surface area contributed by atoms with Crippen molar-refractivity contribution in [3.05, 3.63) is 94.0 Å². The van der Waals surface area contributed by atoms with Gasteiger partial charge in [-0.3, -0.25) is 0 Å². The summed E-state index contributed by atoms with van der Waals surface area (Å²) in [4.78, 5) is 12.5. The summed E-state index contributed by atoms with van der Waals surface area (Å²) in [6.45, 7) is 0.129. The lowest BCUT2D eigenvalue weighted by molar-refractivity contribution is 0.0470. The van der Waals surface area contributed by atoms with Crippen molar-refractivity contribution in [2.24, 2.45) is 0 Å². The summed E-state index contributed by atoms with van der Waals surface area (Å²) in [6, 6.07) is 22.4. The lowest BCUT2D eigenvalue weighted by Crippen LogP contribution is -2.07. The van der Waals surface area contributed by atoms with Gasteiger partial charge in [-0.25, -0.2) is 4.79 Å². The minimum absolute atomic E-state index is 0.129. The molecule has 0 radical (unpaired) electrons. The predicted octanol–water partition coefficient (Wildman–Crippen LogP) is 5.23. The molecule has 0 N–H and O–H groups in total. The number of nitrogens with zero attached hydrogens (tertiary/aromatic N) is 2. The Balaban J connectivity index is 1.84. The Labute approximate surface area is 166 Å². The number of ether oxygens (including phenoxy) is 2. The van der Waals surface area contributed by atoms with Crippen molar-refractivity contribution in [2.75, 3.05) is 0 Å². The van der Waals surface area contributed by atoms with Gasteiger partial charge in [0.2, 0.25) is 0 Å². The Morgan fingerprint density at radius 3 is 2.25 bits per heavy atom. The quantitative estimate of drug-likeness (QED) is 0.558. The first kappa shape index (κ1) is 19.0. The highest BCUT2D eigenvalue weighted by atomic mass is 35.5. The van der Waals surface area contributed by atoms with Crippen LogP contribution < -0.4 is 4.74 Å². The molecule has 0 unspecified atom stereocenters.